The third-order valence-electron chi connectivity index (χ3n) is 4.43. The first-order valence-electron chi connectivity index (χ1n) is 9.19. The smallest absolute Gasteiger partial charge is 0.341 e. The van der Waals surface area contributed by atoms with E-state index in [1.165, 1.54) is 0 Å². The van der Waals surface area contributed by atoms with Crippen LogP contribution in [0.15, 0.2) is 53.7 Å². The third-order valence-corrected chi connectivity index (χ3v) is 4.43. The van der Waals surface area contributed by atoms with Gasteiger partial charge in [0.1, 0.15) is 17.1 Å². The van der Waals surface area contributed by atoms with Crippen LogP contribution in [0.3, 0.4) is 0 Å². The Kier molecular flexibility index (Phi) is 5.99. The van der Waals surface area contributed by atoms with E-state index in [4.69, 9.17) is 19.2 Å². The molecule has 1 heterocycles. The van der Waals surface area contributed by atoms with Gasteiger partial charge in [-0.05, 0) is 26.0 Å². The van der Waals surface area contributed by atoms with Gasteiger partial charge in [0.05, 0.1) is 42.8 Å². The van der Waals surface area contributed by atoms with Crippen molar-refractivity contribution in [2.75, 3.05) is 20.8 Å². The van der Waals surface area contributed by atoms with E-state index >= 15 is 0 Å². The van der Waals surface area contributed by atoms with Crippen LogP contribution in [-0.4, -0.2) is 31.4 Å². The maximum atomic E-state index is 12.7. The SMILES string of the molecule is CCOC(=O)c1cn(CC)c2cc(OC)cc(OC)c2c1=Nc1ccccc1. The highest BCUT2D eigenvalue weighted by Gasteiger charge is 2.19. The summed E-state index contributed by atoms with van der Waals surface area (Å²) < 4.78 is 18.3. The van der Waals surface area contributed by atoms with Crippen LogP contribution in [0.25, 0.3) is 10.9 Å². The number of para-hydroxylation sites is 1. The zero-order valence-corrected chi connectivity index (χ0v) is 16.6. The Morgan fingerprint density at radius 1 is 1.07 bits per heavy atom. The predicted molar refractivity (Wildman–Crippen MR) is 108 cm³/mol. The summed E-state index contributed by atoms with van der Waals surface area (Å²) in [5.41, 5.74) is 1.99. The molecule has 0 fully saturated rings. The van der Waals surface area contributed by atoms with Crippen LogP contribution in [0.5, 0.6) is 11.5 Å². The van der Waals surface area contributed by atoms with Crippen LogP contribution < -0.4 is 14.8 Å². The van der Waals surface area contributed by atoms with Gasteiger partial charge in [0, 0.05) is 24.9 Å². The number of carbonyl (C=O) groups excluding carboxylic acids is 1. The second-order valence-corrected chi connectivity index (χ2v) is 6.07. The normalized spacial score (nSPS) is 11.5. The van der Waals surface area contributed by atoms with Gasteiger partial charge in [0.2, 0.25) is 0 Å². The summed E-state index contributed by atoms with van der Waals surface area (Å²) in [6.07, 6.45) is 1.78. The number of rotatable bonds is 6. The fourth-order valence-electron chi connectivity index (χ4n) is 3.11. The van der Waals surface area contributed by atoms with Gasteiger partial charge in [0.15, 0.2) is 0 Å². The van der Waals surface area contributed by atoms with Crippen LogP contribution >= 0.6 is 0 Å². The highest BCUT2D eigenvalue weighted by Crippen LogP contribution is 2.30. The first-order chi connectivity index (χ1) is 13.6. The minimum Gasteiger partial charge on any atom is -0.497 e. The highest BCUT2D eigenvalue weighted by molar-refractivity contribution is 5.96. The van der Waals surface area contributed by atoms with E-state index in [-0.39, 0.29) is 6.61 Å². The molecule has 6 nitrogen and oxygen atoms in total. The molecule has 0 amide bonds. The summed E-state index contributed by atoms with van der Waals surface area (Å²) in [7, 11) is 3.20. The Labute approximate surface area is 164 Å². The van der Waals surface area contributed by atoms with Gasteiger partial charge in [-0.25, -0.2) is 9.79 Å². The number of nitrogens with zero attached hydrogens (tertiary/aromatic N) is 2. The molecule has 2 aromatic carbocycles. The minimum absolute atomic E-state index is 0.285. The lowest BCUT2D eigenvalue weighted by atomic mass is 10.1. The maximum Gasteiger partial charge on any atom is 0.341 e. The number of ether oxygens (including phenoxy) is 3. The standard InChI is InChI=1S/C22H24N2O4/c1-5-24-14-17(22(25)28-6-2)21(23-15-10-8-7-9-11-15)20-18(24)12-16(26-3)13-19(20)27-4/h7-14H,5-6H2,1-4H3. The van der Waals surface area contributed by atoms with Crippen LogP contribution in [-0.2, 0) is 11.3 Å². The molecule has 0 radical (unpaired) electrons. The molecule has 0 saturated carbocycles. The summed E-state index contributed by atoms with van der Waals surface area (Å²) in [6.45, 7) is 4.74. The van der Waals surface area contributed by atoms with Crippen molar-refractivity contribution in [2.24, 2.45) is 4.99 Å². The molecular formula is C22H24N2O4. The van der Waals surface area contributed by atoms with Gasteiger partial charge in [0.25, 0.3) is 0 Å². The Morgan fingerprint density at radius 2 is 1.82 bits per heavy atom. The number of hydrogen-bond donors (Lipinski definition) is 0. The largest absolute Gasteiger partial charge is 0.497 e. The predicted octanol–water partition coefficient (Wildman–Crippen LogP) is 4.09. The monoisotopic (exact) mass is 380 g/mol. The number of hydrogen-bond acceptors (Lipinski definition) is 5. The van der Waals surface area contributed by atoms with E-state index < -0.39 is 5.97 Å². The van der Waals surface area contributed by atoms with Crippen LogP contribution in [0, 0.1) is 0 Å². The quantitative estimate of drug-likeness (QED) is 0.605. The fraction of sp³-hybridized carbons (Fsp3) is 0.273. The van der Waals surface area contributed by atoms with E-state index in [2.05, 4.69) is 0 Å². The summed E-state index contributed by atoms with van der Waals surface area (Å²) >= 11 is 0. The van der Waals surface area contributed by atoms with Crippen molar-refractivity contribution in [1.29, 1.82) is 0 Å². The Bertz CT molecular complexity index is 1060. The number of benzene rings is 2. The molecule has 28 heavy (non-hydrogen) atoms. The second kappa shape index (κ2) is 8.61. The molecule has 0 atom stereocenters. The molecule has 0 aliphatic heterocycles. The molecule has 0 aliphatic rings. The van der Waals surface area contributed by atoms with E-state index in [0.717, 1.165) is 16.6 Å². The van der Waals surface area contributed by atoms with E-state index in [1.54, 1.807) is 33.4 Å². The van der Waals surface area contributed by atoms with Gasteiger partial charge >= 0.3 is 5.97 Å². The van der Waals surface area contributed by atoms with Crippen molar-refractivity contribution in [3.8, 4) is 11.5 Å². The number of carbonyl (C=O) groups is 1. The van der Waals surface area contributed by atoms with Crippen molar-refractivity contribution in [1.82, 2.24) is 4.57 Å². The van der Waals surface area contributed by atoms with E-state index in [1.807, 2.05) is 47.9 Å². The van der Waals surface area contributed by atoms with Gasteiger partial charge in [-0.1, -0.05) is 18.2 Å². The Morgan fingerprint density at radius 3 is 2.43 bits per heavy atom. The summed E-state index contributed by atoms with van der Waals surface area (Å²) in [6, 6.07) is 13.2. The first-order valence-corrected chi connectivity index (χ1v) is 9.19. The molecule has 0 aliphatic carbocycles. The average molecular weight is 380 g/mol. The zero-order valence-electron chi connectivity index (χ0n) is 16.6. The van der Waals surface area contributed by atoms with Gasteiger partial charge in [-0.15, -0.1) is 0 Å². The molecule has 146 valence electrons. The fourth-order valence-corrected chi connectivity index (χ4v) is 3.11. The lowest BCUT2D eigenvalue weighted by molar-refractivity contribution is 0.0524. The molecule has 0 spiro atoms. The zero-order chi connectivity index (χ0) is 20.1. The topological polar surface area (TPSA) is 62.0 Å². The number of pyridine rings is 1. The Hall–Kier alpha value is -3.28. The number of fused-ring (bicyclic) bond motifs is 1. The first kappa shape index (κ1) is 19.5. The highest BCUT2D eigenvalue weighted by atomic mass is 16.5. The molecule has 3 aromatic rings. The van der Waals surface area contributed by atoms with Gasteiger partial charge in [-0.2, -0.15) is 0 Å². The molecule has 0 saturated heterocycles. The molecule has 0 N–H and O–H groups in total. The van der Waals surface area contributed by atoms with Crippen molar-refractivity contribution in [2.45, 2.75) is 20.4 Å². The van der Waals surface area contributed by atoms with Crippen molar-refractivity contribution >= 4 is 22.6 Å². The molecule has 1 aromatic heterocycles. The van der Waals surface area contributed by atoms with Crippen molar-refractivity contribution in [3.05, 3.63) is 59.6 Å². The second-order valence-electron chi connectivity index (χ2n) is 6.07. The summed E-state index contributed by atoms with van der Waals surface area (Å²) in [4.78, 5) is 17.5. The van der Waals surface area contributed by atoms with Gasteiger partial charge in [-0.3, -0.25) is 0 Å². The molecule has 3 rings (SSSR count). The molecule has 6 heteroatoms. The number of esters is 1. The number of aryl methyl sites for hydroxylation is 1. The molecule has 0 unspecified atom stereocenters. The van der Waals surface area contributed by atoms with Crippen molar-refractivity contribution < 1.29 is 19.0 Å². The number of methoxy groups -OCH3 is 2. The summed E-state index contributed by atoms with van der Waals surface area (Å²) in [5.74, 6) is 0.831. The Balaban J connectivity index is 2.49. The maximum absolute atomic E-state index is 12.7. The van der Waals surface area contributed by atoms with E-state index in [9.17, 15) is 4.79 Å². The minimum atomic E-state index is -0.417. The van der Waals surface area contributed by atoms with Crippen LogP contribution in [0.4, 0.5) is 5.69 Å². The van der Waals surface area contributed by atoms with Crippen LogP contribution in [0.2, 0.25) is 0 Å². The molecule has 0 bridgehead atoms. The third kappa shape index (κ3) is 3.71. The van der Waals surface area contributed by atoms with Gasteiger partial charge < -0.3 is 18.8 Å². The summed E-state index contributed by atoms with van der Waals surface area (Å²) in [5, 5.41) is 1.25. The van der Waals surface area contributed by atoms with Crippen LogP contribution in [0.1, 0.15) is 24.2 Å². The number of aromatic nitrogens is 1. The van der Waals surface area contributed by atoms with E-state index in [0.29, 0.717) is 29.0 Å². The van der Waals surface area contributed by atoms with Crippen molar-refractivity contribution in [3.63, 3.8) is 0 Å². The lowest BCUT2D eigenvalue weighted by Gasteiger charge is -2.16. The average Bonchev–Trinajstić information content (AvgIpc) is 2.73. The molecular weight excluding hydrogens is 356 g/mol. The lowest BCUT2D eigenvalue weighted by Crippen LogP contribution is -2.22.